The summed E-state index contributed by atoms with van der Waals surface area (Å²) < 4.78 is 25.9. The average Bonchev–Trinajstić information content (AvgIpc) is 3.37. The summed E-state index contributed by atoms with van der Waals surface area (Å²) in [5.41, 5.74) is 2.46. The lowest BCUT2D eigenvalue weighted by molar-refractivity contribution is 0.0915. The Kier molecular flexibility index (Phi) is 6.14. The number of aromatic nitrogens is 3. The van der Waals surface area contributed by atoms with Crippen LogP contribution in [0.25, 0.3) is 17.1 Å². The summed E-state index contributed by atoms with van der Waals surface area (Å²) in [6.07, 6.45) is 4.91. The molecule has 174 valence electrons. The normalized spacial score (nSPS) is 19.7. The Labute approximate surface area is 195 Å². The van der Waals surface area contributed by atoms with E-state index in [2.05, 4.69) is 43.2 Å². The summed E-state index contributed by atoms with van der Waals surface area (Å²) in [4.78, 5) is 22.6. The highest BCUT2D eigenvalue weighted by Crippen LogP contribution is 2.26. The zero-order chi connectivity index (χ0) is 23.8. The number of imidazole rings is 1. The van der Waals surface area contributed by atoms with Crippen LogP contribution in [0, 0.1) is 0 Å². The number of sulfone groups is 1. The van der Waals surface area contributed by atoms with E-state index in [1.165, 1.54) is 5.56 Å². The molecule has 1 saturated heterocycles. The van der Waals surface area contributed by atoms with Crippen LogP contribution < -0.4 is 5.32 Å². The van der Waals surface area contributed by atoms with E-state index in [0.29, 0.717) is 23.5 Å². The van der Waals surface area contributed by atoms with Crippen LogP contribution in [-0.2, 0) is 16.3 Å². The molecule has 0 bridgehead atoms. The van der Waals surface area contributed by atoms with Crippen LogP contribution in [0.5, 0.6) is 0 Å². The van der Waals surface area contributed by atoms with Crippen molar-refractivity contribution in [3.63, 3.8) is 0 Å². The van der Waals surface area contributed by atoms with Crippen molar-refractivity contribution >= 4 is 15.7 Å². The molecule has 0 spiro atoms. The van der Waals surface area contributed by atoms with Crippen LogP contribution in [0.4, 0.5) is 0 Å². The summed E-state index contributed by atoms with van der Waals surface area (Å²) in [6.45, 7) is 8.00. The number of aryl methyl sites for hydroxylation is 1. The molecule has 7 nitrogen and oxygen atoms in total. The molecule has 1 unspecified atom stereocenters. The lowest BCUT2D eigenvalue weighted by Crippen LogP contribution is -2.47. The van der Waals surface area contributed by atoms with Gasteiger partial charge in [0, 0.05) is 29.4 Å². The molecule has 8 heteroatoms. The molecule has 2 aromatic heterocycles. The fraction of sp³-hybridized carbons (Fsp3) is 0.400. The van der Waals surface area contributed by atoms with E-state index in [-0.39, 0.29) is 23.3 Å². The van der Waals surface area contributed by atoms with E-state index >= 15 is 0 Å². The Morgan fingerprint density at radius 2 is 1.94 bits per heavy atom. The Morgan fingerprint density at radius 1 is 1.21 bits per heavy atom. The first-order valence-electron chi connectivity index (χ1n) is 11.3. The molecule has 3 aromatic rings. The van der Waals surface area contributed by atoms with Crippen molar-refractivity contribution in [1.29, 1.82) is 0 Å². The topological polar surface area (TPSA) is 94.0 Å². The minimum absolute atomic E-state index is 0.0476. The third-order valence-electron chi connectivity index (χ3n) is 6.08. The smallest absolute Gasteiger partial charge is 0.251 e. The van der Waals surface area contributed by atoms with Crippen LogP contribution in [-0.4, -0.2) is 45.9 Å². The summed E-state index contributed by atoms with van der Waals surface area (Å²) in [6, 6.07) is 11.6. The highest BCUT2D eigenvalue weighted by atomic mass is 32.2. The Bertz CT molecular complexity index is 1280. The van der Waals surface area contributed by atoms with Gasteiger partial charge in [-0.1, -0.05) is 45.0 Å². The van der Waals surface area contributed by atoms with Crippen molar-refractivity contribution in [2.75, 3.05) is 11.5 Å². The Morgan fingerprint density at radius 3 is 2.55 bits per heavy atom. The minimum Gasteiger partial charge on any atom is -0.346 e. The molecule has 1 atom stereocenters. The van der Waals surface area contributed by atoms with Gasteiger partial charge in [0.05, 0.1) is 22.7 Å². The van der Waals surface area contributed by atoms with Crippen LogP contribution in [0.1, 0.15) is 61.8 Å². The second-order valence-electron chi connectivity index (χ2n) is 9.32. The first kappa shape index (κ1) is 23.2. The lowest BCUT2D eigenvalue weighted by atomic mass is 10.0. The van der Waals surface area contributed by atoms with E-state index in [1.807, 2.05) is 22.9 Å². The molecule has 1 aromatic carbocycles. The van der Waals surface area contributed by atoms with Crippen LogP contribution in [0.2, 0.25) is 0 Å². The van der Waals surface area contributed by atoms with Crippen molar-refractivity contribution in [3.05, 3.63) is 65.7 Å². The van der Waals surface area contributed by atoms with Gasteiger partial charge in [-0.3, -0.25) is 9.36 Å². The lowest BCUT2D eigenvalue weighted by Gasteiger charge is -2.24. The monoisotopic (exact) mass is 466 g/mol. The largest absolute Gasteiger partial charge is 0.346 e. The van der Waals surface area contributed by atoms with E-state index in [9.17, 15) is 13.2 Å². The summed E-state index contributed by atoms with van der Waals surface area (Å²) in [7, 11) is -3.14. The van der Waals surface area contributed by atoms with Gasteiger partial charge in [-0.15, -0.1) is 0 Å². The van der Waals surface area contributed by atoms with Gasteiger partial charge in [0.1, 0.15) is 11.6 Å². The molecule has 1 fully saturated rings. The van der Waals surface area contributed by atoms with Crippen molar-refractivity contribution in [2.24, 2.45) is 0 Å². The predicted octanol–water partition coefficient (Wildman–Crippen LogP) is 3.93. The highest BCUT2D eigenvalue weighted by Gasteiger charge is 2.39. The zero-order valence-electron chi connectivity index (χ0n) is 19.5. The van der Waals surface area contributed by atoms with Crippen molar-refractivity contribution in [3.8, 4) is 17.1 Å². The number of hydrogen-bond donors (Lipinski definition) is 1. The van der Waals surface area contributed by atoms with Gasteiger partial charge in [-0.25, -0.2) is 18.4 Å². The quantitative estimate of drug-likeness (QED) is 0.594. The van der Waals surface area contributed by atoms with Gasteiger partial charge in [0.2, 0.25) is 0 Å². The number of nitrogens with zero attached hydrogens (tertiary/aromatic N) is 3. The van der Waals surface area contributed by atoms with E-state index < -0.39 is 15.4 Å². The number of amides is 1. The molecule has 1 N–H and O–H groups in total. The number of carbonyl (C=O) groups excluding carboxylic acids is 1. The second kappa shape index (κ2) is 8.74. The maximum absolute atomic E-state index is 13.3. The molecular formula is C25H30N4O3S. The average molecular weight is 467 g/mol. The maximum atomic E-state index is 13.3. The molecular weight excluding hydrogens is 436 g/mol. The Hall–Kier alpha value is -3.00. The number of nitrogens with one attached hydrogen (secondary N) is 1. The van der Waals surface area contributed by atoms with Crippen molar-refractivity contribution in [1.82, 2.24) is 19.9 Å². The first-order valence-corrected chi connectivity index (χ1v) is 13.1. The predicted molar refractivity (Wildman–Crippen MR) is 129 cm³/mol. The molecule has 4 rings (SSSR count). The van der Waals surface area contributed by atoms with Crippen LogP contribution >= 0.6 is 0 Å². The van der Waals surface area contributed by atoms with Crippen molar-refractivity contribution in [2.45, 2.75) is 52.0 Å². The maximum Gasteiger partial charge on any atom is 0.251 e. The number of benzene rings is 1. The third-order valence-corrected chi connectivity index (χ3v) is 7.99. The van der Waals surface area contributed by atoms with Crippen LogP contribution in [0.15, 0.2) is 48.8 Å². The SMILES string of the molecule is CCc1ccc(-c2cc(C(=O)NC3(C)CCS(=O)(=O)C3)cc(-n3ccnc3C(C)C)n2)cc1. The van der Waals surface area contributed by atoms with Crippen molar-refractivity contribution < 1.29 is 13.2 Å². The van der Waals surface area contributed by atoms with Gasteiger partial charge in [-0.2, -0.15) is 0 Å². The molecule has 0 radical (unpaired) electrons. The molecule has 33 heavy (non-hydrogen) atoms. The van der Waals surface area contributed by atoms with E-state index in [4.69, 9.17) is 4.98 Å². The first-order chi connectivity index (χ1) is 15.6. The Balaban J connectivity index is 1.77. The van der Waals surface area contributed by atoms with E-state index in [1.54, 1.807) is 25.3 Å². The highest BCUT2D eigenvalue weighted by molar-refractivity contribution is 7.91. The number of pyridine rings is 1. The van der Waals surface area contributed by atoms with Gasteiger partial charge in [-0.05, 0) is 37.5 Å². The van der Waals surface area contributed by atoms with Gasteiger partial charge in [0.25, 0.3) is 5.91 Å². The van der Waals surface area contributed by atoms with Crippen LogP contribution in [0.3, 0.4) is 0 Å². The van der Waals surface area contributed by atoms with Gasteiger partial charge < -0.3 is 5.32 Å². The zero-order valence-corrected chi connectivity index (χ0v) is 20.3. The number of carbonyl (C=O) groups is 1. The fourth-order valence-electron chi connectivity index (χ4n) is 4.22. The van der Waals surface area contributed by atoms with Gasteiger partial charge in [0.15, 0.2) is 9.84 Å². The minimum atomic E-state index is -3.14. The number of hydrogen-bond acceptors (Lipinski definition) is 5. The van der Waals surface area contributed by atoms with Gasteiger partial charge >= 0.3 is 0 Å². The molecule has 0 saturated carbocycles. The standard InChI is InChI=1S/C25H30N4O3S/c1-5-18-6-8-19(9-7-18)21-14-20(24(30)28-25(4)10-13-33(31,32)16-25)15-22(27-21)29-12-11-26-23(29)17(2)3/h6-9,11-12,14-15,17H,5,10,13,16H2,1-4H3,(H,28,30). The summed E-state index contributed by atoms with van der Waals surface area (Å²) in [5, 5.41) is 2.96. The summed E-state index contributed by atoms with van der Waals surface area (Å²) in [5.74, 6) is 1.36. The molecule has 0 aliphatic carbocycles. The molecule has 1 aliphatic heterocycles. The molecule has 1 amide bonds. The molecule has 3 heterocycles. The third kappa shape index (κ3) is 5.00. The van der Waals surface area contributed by atoms with E-state index in [0.717, 1.165) is 17.8 Å². The number of rotatable bonds is 6. The summed E-state index contributed by atoms with van der Waals surface area (Å²) >= 11 is 0. The second-order valence-corrected chi connectivity index (χ2v) is 11.5. The molecule has 1 aliphatic rings. The fourth-order valence-corrected chi connectivity index (χ4v) is 6.31.